The van der Waals surface area contributed by atoms with E-state index in [2.05, 4.69) is 11.5 Å². The van der Waals surface area contributed by atoms with Crippen molar-refractivity contribution in [2.45, 2.75) is 32.1 Å². The maximum absolute atomic E-state index is 10.8. The molecule has 0 unspecified atom stereocenters. The van der Waals surface area contributed by atoms with Crippen molar-refractivity contribution in [1.29, 1.82) is 0 Å². The van der Waals surface area contributed by atoms with Crippen molar-refractivity contribution >= 4 is 11.9 Å². The summed E-state index contributed by atoms with van der Waals surface area (Å²) in [5, 5.41) is 8.47. The molecule has 0 saturated carbocycles. The van der Waals surface area contributed by atoms with Gasteiger partial charge in [-0.2, -0.15) is 0 Å². The van der Waals surface area contributed by atoms with Crippen LogP contribution in [-0.2, 0) is 14.3 Å². The largest absolute Gasteiger partial charge is 0.481 e. The smallest absolute Gasteiger partial charge is 0.330 e. The first-order valence-electron chi connectivity index (χ1n) is 6.25. The standard InChI is InChI=1S/C13H23NO4/c1-3-13(17)18-11-7-10-14(2)9-6-4-5-8-12(15)16/h3H,1,4-11H2,2H3,(H,15,16). The van der Waals surface area contributed by atoms with Crippen LogP contribution in [0.25, 0.3) is 0 Å². The van der Waals surface area contributed by atoms with Gasteiger partial charge in [0.05, 0.1) is 6.61 Å². The molecule has 0 atom stereocenters. The van der Waals surface area contributed by atoms with Gasteiger partial charge >= 0.3 is 11.9 Å². The van der Waals surface area contributed by atoms with Gasteiger partial charge in [-0.25, -0.2) is 4.79 Å². The average Bonchev–Trinajstić information content (AvgIpc) is 2.33. The fraction of sp³-hybridized carbons (Fsp3) is 0.692. The second-order valence-electron chi connectivity index (χ2n) is 4.23. The van der Waals surface area contributed by atoms with E-state index in [1.54, 1.807) is 0 Å². The van der Waals surface area contributed by atoms with Crippen LogP contribution < -0.4 is 0 Å². The van der Waals surface area contributed by atoms with Crippen LogP contribution in [0.1, 0.15) is 32.1 Å². The van der Waals surface area contributed by atoms with Crippen LogP contribution in [0.4, 0.5) is 0 Å². The molecule has 0 aliphatic rings. The number of aliphatic carboxylic acids is 1. The highest BCUT2D eigenvalue weighted by Gasteiger charge is 2.01. The van der Waals surface area contributed by atoms with Gasteiger partial charge in [-0.15, -0.1) is 0 Å². The molecule has 1 N–H and O–H groups in total. The first kappa shape index (κ1) is 16.6. The molecule has 0 aliphatic heterocycles. The molecule has 0 aromatic heterocycles. The highest BCUT2D eigenvalue weighted by atomic mass is 16.5. The Labute approximate surface area is 108 Å². The average molecular weight is 257 g/mol. The Morgan fingerprint density at radius 3 is 2.50 bits per heavy atom. The highest BCUT2D eigenvalue weighted by molar-refractivity contribution is 5.81. The summed E-state index contributed by atoms with van der Waals surface area (Å²) >= 11 is 0. The Morgan fingerprint density at radius 2 is 1.89 bits per heavy atom. The summed E-state index contributed by atoms with van der Waals surface area (Å²) in [5.74, 6) is -1.11. The van der Waals surface area contributed by atoms with Gasteiger partial charge in [0, 0.05) is 19.0 Å². The summed E-state index contributed by atoms with van der Waals surface area (Å²) in [4.78, 5) is 23.2. The van der Waals surface area contributed by atoms with Gasteiger partial charge in [0.15, 0.2) is 0 Å². The summed E-state index contributed by atoms with van der Waals surface area (Å²) in [5.41, 5.74) is 0. The monoisotopic (exact) mass is 257 g/mol. The lowest BCUT2D eigenvalue weighted by Gasteiger charge is -2.15. The van der Waals surface area contributed by atoms with Gasteiger partial charge in [-0.1, -0.05) is 13.0 Å². The molecule has 5 nitrogen and oxygen atoms in total. The lowest BCUT2D eigenvalue weighted by atomic mass is 10.2. The van der Waals surface area contributed by atoms with E-state index in [0.29, 0.717) is 6.61 Å². The number of nitrogens with zero attached hydrogens (tertiary/aromatic N) is 1. The van der Waals surface area contributed by atoms with Crippen molar-refractivity contribution < 1.29 is 19.4 Å². The summed E-state index contributed by atoms with van der Waals surface area (Å²) < 4.78 is 4.86. The molecule has 104 valence electrons. The Bertz CT molecular complexity index is 266. The van der Waals surface area contributed by atoms with E-state index in [1.807, 2.05) is 7.05 Å². The van der Waals surface area contributed by atoms with Crippen molar-refractivity contribution in [3.8, 4) is 0 Å². The number of unbranched alkanes of at least 4 members (excludes halogenated alkanes) is 2. The molecule has 18 heavy (non-hydrogen) atoms. The maximum atomic E-state index is 10.8. The summed E-state index contributed by atoms with van der Waals surface area (Å²) in [6.45, 7) is 5.53. The topological polar surface area (TPSA) is 66.8 Å². The number of carboxylic acids is 1. The zero-order valence-electron chi connectivity index (χ0n) is 11.1. The number of carbonyl (C=O) groups excluding carboxylic acids is 1. The van der Waals surface area contributed by atoms with E-state index in [-0.39, 0.29) is 12.4 Å². The first-order chi connectivity index (χ1) is 8.56. The summed E-state index contributed by atoms with van der Waals surface area (Å²) in [6, 6.07) is 0. The van der Waals surface area contributed by atoms with Crippen molar-refractivity contribution in [3.05, 3.63) is 12.7 Å². The Balaban J connectivity index is 3.32. The molecule has 0 fully saturated rings. The van der Waals surface area contributed by atoms with Gasteiger partial charge in [0.25, 0.3) is 0 Å². The van der Waals surface area contributed by atoms with E-state index in [4.69, 9.17) is 9.84 Å². The molecule has 0 aromatic carbocycles. The number of esters is 1. The van der Waals surface area contributed by atoms with Gasteiger partial charge in [0.1, 0.15) is 0 Å². The third kappa shape index (κ3) is 11.1. The number of carboxylic acid groups (broad SMARTS) is 1. The second-order valence-corrected chi connectivity index (χ2v) is 4.23. The van der Waals surface area contributed by atoms with Crippen LogP contribution in [0.3, 0.4) is 0 Å². The van der Waals surface area contributed by atoms with E-state index < -0.39 is 5.97 Å². The number of rotatable bonds is 11. The van der Waals surface area contributed by atoms with Gasteiger partial charge in [-0.3, -0.25) is 4.79 Å². The third-order valence-corrected chi connectivity index (χ3v) is 2.53. The maximum Gasteiger partial charge on any atom is 0.330 e. The second kappa shape index (κ2) is 10.8. The predicted octanol–water partition coefficient (Wildman–Crippen LogP) is 1.68. The van der Waals surface area contributed by atoms with E-state index >= 15 is 0 Å². The molecule has 0 aliphatic carbocycles. The van der Waals surface area contributed by atoms with Gasteiger partial charge < -0.3 is 14.7 Å². The van der Waals surface area contributed by atoms with E-state index in [9.17, 15) is 9.59 Å². The normalized spacial score (nSPS) is 10.3. The van der Waals surface area contributed by atoms with Crippen LogP contribution in [-0.4, -0.2) is 48.7 Å². The minimum Gasteiger partial charge on any atom is -0.481 e. The molecule has 0 spiro atoms. The lowest BCUT2D eigenvalue weighted by Crippen LogP contribution is -2.22. The van der Waals surface area contributed by atoms with Crippen LogP contribution in [0, 0.1) is 0 Å². The van der Waals surface area contributed by atoms with Crippen molar-refractivity contribution in [2.24, 2.45) is 0 Å². The Hall–Kier alpha value is -1.36. The SMILES string of the molecule is C=CC(=O)OCCCN(C)CCCCCC(=O)O. The van der Waals surface area contributed by atoms with Crippen LogP contribution in [0.5, 0.6) is 0 Å². The molecule has 0 rings (SSSR count). The number of hydrogen-bond donors (Lipinski definition) is 1. The fourth-order valence-electron chi connectivity index (χ4n) is 1.51. The van der Waals surface area contributed by atoms with Crippen LogP contribution in [0.2, 0.25) is 0 Å². The van der Waals surface area contributed by atoms with Gasteiger partial charge in [-0.05, 0) is 32.9 Å². The van der Waals surface area contributed by atoms with Crippen molar-refractivity contribution in [3.63, 3.8) is 0 Å². The highest BCUT2D eigenvalue weighted by Crippen LogP contribution is 2.01. The molecule has 0 radical (unpaired) electrons. The van der Waals surface area contributed by atoms with E-state index in [0.717, 1.165) is 44.8 Å². The molecule has 0 saturated heterocycles. The predicted molar refractivity (Wildman–Crippen MR) is 69.4 cm³/mol. The summed E-state index contributed by atoms with van der Waals surface area (Å²) in [6.07, 6.45) is 4.87. The molecule has 0 bridgehead atoms. The van der Waals surface area contributed by atoms with Crippen LogP contribution in [0.15, 0.2) is 12.7 Å². The molecule has 0 amide bonds. The van der Waals surface area contributed by atoms with Crippen LogP contribution >= 0.6 is 0 Å². The minimum absolute atomic E-state index is 0.251. The molecular formula is C13H23NO4. The lowest BCUT2D eigenvalue weighted by molar-refractivity contribution is -0.138. The van der Waals surface area contributed by atoms with Crippen molar-refractivity contribution in [2.75, 3.05) is 26.7 Å². The molecule has 0 heterocycles. The number of hydrogen-bond acceptors (Lipinski definition) is 4. The Kier molecular flexibility index (Phi) is 9.96. The van der Waals surface area contributed by atoms with Gasteiger partial charge in [0.2, 0.25) is 0 Å². The van der Waals surface area contributed by atoms with E-state index in [1.165, 1.54) is 0 Å². The summed E-state index contributed by atoms with van der Waals surface area (Å²) in [7, 11) is 2.01. The quantitative estimate of drug-likeness (QED) is 0.346. The third-order valence-electron chi connectivity index (χ3n) is 2.53. The number of carbonyl (C=O) groups is 2. The molecular weight excluding hydrogens is 234 g/mol. The zero-order valence-corrected chi connectivity index (χ0v) is 11.1. The Morgan fingerprint density at radius 1 is 1.22 bits per heavy atom. The number of ether oxygens (including phenoxy) is 1. The zero-order chi connectivity index (χ0) is 13.8. The molecule has 5 heteroatoms. The van der Waals surface area contributed by atoms with Crippen molar-refractivity contribution in [1.82, 2.24) is 4.90 Å². The fourth-order valence-corrected chi connectivity index (χ4v) is 1.51. The minimum atomic E-state index is -0.729. The first-order valence-corrected chi connectivity index (χ1v) is 6.25. The molecule has 0 aromatic rings.